The van der Waals surface area contributed by atoms with Crippen LogP contribution in [0.15, 0.2) is 46.3 Å². The zero-order valence-corrected chi connectivity index (χ0v) is 15.1. The molecular weight excluding hydrogens is 398 g/mol. The SMILES string of the molecule is O=C1NC(=S)SC1=Cc1cc(Br)ccc1OCCn1ccnc1. The molecule has 1 aromatic heterocycles. The molecule has 0 spiro atoms. The maximum absolute atomic E-state index is 11.8. The van der Waals surface area contributed by atoms with Gasteiger partial charge >= 0.3 is 0 Å². The maximum atomic E-state index is 11.8. The molecule has 5 nitrogen and oxygen atoms in total. The molecule has 1 aliphatic heterocycles. The summed E-state index contributed by atoms with van der Waals surface area (Å²) in [5, 5.41) is 2.61. The van der Waals surface area contributed by atoms with Crippen molar-refractivity contribution < 1.29 is 9.53 Å². The van der Waals surface area contributed by atoms with Crippen molar-refractivity contribution in [1.29, 1.82) is 0 Å². The van der Waals surface area contributed by atoms with Crippen LogP contribution in [0.2, 0.25) is 0 Å². The predicted octanol–water partition coefficient (Wildman–Crippen LogP) is 3.21. The predicted molar refractivity (Wildman–Crippen MR) is 98.2 cm³/mol. The van der Waals surface area contributed by atoms with Gasteiger partial charge in [-0.3, -0.25) is 4.79 Å². The number of carbonyl (C=O) groups excluding carboxylic acids is 1. The van der Waals surface area contributed by atoms with E-state index in [1.807, 2.05) is 29.0 Å². The summed E-state index contributed by atoms with van der Waals surface area (Å²) in [7, 11) is 0. The molecule has 1 aliphatic rings. The molecule has 0 aliphatic carbocycles. The summed E-state index contributed by atoms with van der Waals surface area (Å²) in [6.45, 7) is 1.21. The fourth-order valence-corrected chi connectivity index (χ4v) is 3.42. The second-order valence-electron chi connectivity index (χ2n) is 4.68. The first-order chi connectivity index (χ1) is 11.1. The Morgan fingerprint density at radius 1 is 1.48 bits per heavy atom. The normalized spacial score (nSPS) is 16.0. The lowest BCUT2D eigenvalue weighted by Gasteiger charge is -2.10. The lowest BCUT2D eigenvalue weighted by molar-refractivity contribution is -0.115. The van der Waals surface area contributed by atoms with Gasteiger partial charge in [0.05, 0.1) is 17.8 Å². The number of thiocarbonyl (C=S) groups is 1. The number of hydrogen-bond donors (Lipinski definition) is 1. The van der Waals surface area contributed by atoms with Crippen LogP contribution in [-0.4, -0.2) is 26.4 Å². The minimum atomic E-state index is -0.177. The lowest BCUT2D eigenvalue weighted by Crippen LogP contribution is -2.17. The van der Waals surface area contributed by atoms with Crippen LogP contribution in [0.1, 0.15) is 5.56 Å². The molecule has 23 heavy (non-hydrogen) atoms. The highest BCUT2D eigenvalue weighted by atomic mass is 79.9. The third-order valence-corrected chi connectivity index (χ3v) is 4.72. The summed E-state index contributed by atoms with van der Waals surface area (Å²) in [6.07, 6.45) is 7.15. The largest absolute Gasteiger partial charge is 0.491 e. The van der Waals surface area contributed by atoms with Crippen molar-refractivity contribution in [3.63, 3.8) is 0 Å². The molecule has 0 radical (unpaired) electrons. The van der Waals surface area contributed by atoms with Gasteiger partial charge < -0.3 is 14.6 Å². The van der Waals surface area contributed by atoms with Crippen molar-refractivity contribution in [2.24, 2.45) is 0 Å². The van der Waals surface area contributed by atoms with Crippen LogP contribution in [0, 0.1) is 0 Å². The van der Waals surface area contributed by atoms with E-state index in [-0.39, 0.29) is 5.91 Å². The van der Waals surface area contributed by atoms with Gasteiger partial charge in [0, 0.05) is 22.4 Å². The fraction of sp³-hybridized carbons (Fsp3) is 0.133. The summed E-state index contributed by atoms with van der Waals surface area (Å²) in [4.78, 5) is 16.4. The van der Waals surface area contributed by atoms with E-state index >= 15 is 0 Å². The quantitative estimate of drug-likeness (QED) is 0.606. The minimum absolute atomic E-state index is 0.177. The first-order valence-electron chi connectivity index (χ1n) is 6.75. The molecular formula is C15H12BrN3O2S2. The Balaban J connectivity index is 1.76. The lowest BCUT2D eigenvalue weighted by atomic mass is 10.2. The minimum Gasteiger partial charge on any atom is -0.491 e. The Labute approximate surface area is 151 Å². The Bertz CT molecular complexity index is 775. The smallest absolute Gasteiger partial charge is 0.263 e. The number of nitrogens with zero attached hydrogens (tertiary/aromatic N) is 2. The third kappa shape index (κ3) is 4.21. The van der Waals surface area contributed by atoms with E-state index in [0.717, 1.165) is 10.0 Å². The molecule has 8 heteroatoms. The van der Waals surface area contributed by atoms with Gasteiger partial charge in [-0.05, 0) is 24.3 Å². The van der Waals surface area contributed by atoms with E-state index in [0.29, 0.717) is 28.1 Å². The summed E-state index contributed by atoms with van der Waals surface area (Å²) >= 11 is 9.70. The molecule has 1 saturated heterocycles. The topological polar surface area (TPSA) is 56.1 Å². The van der Waals surface area contributed by atoms with Gasteiger partial charge in [0.1, 0.15) is 16.7 Å². The van der Waals surface area contributed by atoms with Gasteiger partial charge in [0.2, 0.25) is 0 Å². The van der Waals surface area contributed by atoms with Crippen LogP contribution in [0.5, 0.6) is 5.75 Å². The summed E-state index contributed by atoms with van der Waals surface area (Å²) in [5.74, 6) is 0.538. The van der Waals surface area contributed by atoms with E-state index in [1.54, 1.807) is 18.6 Å². The number of amides is 1. The van der Waals surface area contributed by atoms with E-state index in [9.17, 15) is 4.79 Å². The molecule has 0 atom stereocenters. The van der Waals surface area contributed by atoms with Gasteiger partial charge in [-0.25, -0.2) is 4.98 Å². The van der Waals surface area contributed by atoms with E-state index in [1.165, 1.54) is 11.8 Å². The number of thioether (sulfide) groups is 1. The Kier molecular flexibility index (Phi) is 5.14. The van der Waals surface area contributed by atoms with E-state index in [2.05, 4.69) is 26.2 Å². The molecule has 1 aromatic carbocycles. The molecule has 118 valence electrons. The first kappa shape index (κ1) is 16.2. The summed E-state index contributed by atoms with van der Waals surface area (Å²) < 4.78 is 9.18. The van der Waals surface area contributed by atoms with Gasteiger partial charge in [-0.2, -0.15) is 0 Å². The maximum Gasteiger partial charge on any atom is 0.263 e. The Hall–Kier alpha value is -1.64. The van der Waals surface area contributed by atoms with Crippen molar-refractivity contribution in [3.05, 3.63) is 51.9 Å². The number of aromatic nitrogens is 2. The van der Waals surface area contributed by atoms with Gasteiger partial charge in [-0.15, -0.1) is 0 Å². The molecule has 0 bridgehead atoms. The van der Waals surface area contributed by atoms with E-state index in [4.69, 9.17) is 17.0 Å². The number of halogens is 1. The summed E-state index contributed by atoms with van der Waals surface area (Å²) in [5.41, 5.74) is 0.826. The highest BCUT2D eigenvalue weighted by Crippen LogP contribution is 2.31. The Morgan fingerprint density at radius 3 is 3.04 bits per heavy atom. The number of rotatable bonds is 5. The molecule has 0 saturated carbocycles. The number of benzene rings is 1. The fourth-order valence-electron chi connectivity index (χ4n) is 2.01. The average Bonchev–Trinajstić information content (AvgIpc) is 3.12. The van der Waals surface area contributed by atoms with Crippen LogP contribution in [-0.2, 0) is 11.3 Å². The monoisotopic (exact) mass is 409 g/mol. The molecule has 1 N–H and O–H groups in total. The number of ether oxygens (including phenoxy) is 1. The van der Waals surface area contributed by atoms with Crippen LogP contribution >= 0.6 is 39.9 Å². The summed E-state index contributed by atoms with van der Waals surface area (Å²) in [6, 6.07) is 5.69. The number of nitrogens with one attached hydrogen (secondary N) is 1. The molecule has 1 amide bonds. The van der Waals surface area contributed by atoms with Crippen molar-refractivity contribution in [2.75, 3.05) is 6.61 Å². The zero-order valence-electron chi connectivity index (χ0n) is 11.9. The molecule has 1 fully saturated rings. The number of carbonyl (C=O) groups is 1. The molecule has 0 unspecified atom stereocenters. The van der Waals surface area contributed by atoms with Crippen molar-refractivity contribution in [1.82, 2.24) is 14.9 Å². The third-order valence-electron chi connectivity index (χ3n) is 3.07. The highest BCUT2D eigenvalue weighted by molar-refractivity contribution is 9.10. The van der Waals surface area contributed by atoms with Crippen molar-refractivity contribution in [2.45, 2.75) is 6.54 Å². The first-order valence-corrected chi connectivity index (χ1v) is 8.76. The van der Waals surface area contributed by atoms with Crippen LogP contribution in [0.4, 0.5) is 0 Å². The Morgan fingerprint density at radius 2 is 2.35 bits per heavy atom. The molecule has 2 heterocycles. The van der Waals surface area contributed by atoms with Crippen molar-refractivity contribution >= 4 is 56.2 Å². The highest BCUT2D eigenvalue weighted by Gasteiger charge is 2.22. The van der Waals surface area contributed by atoms with Gasteiger partial charge in [-0.1, -0.05) is 39.9 Å². The number of hydrogen-bond acceptors (Lipinski definition) is 5. The van der Waals surface area contributed by atoms with Crippen LogP contribution in [0.3, 0.4) is 0 Å². The van der Waals surface area contributed by atoms with Crippen molar-refractivity contribution in [3.8, 4) is 5.75 Å². The standard InChI is InChI=1S/C15H12BrN3O2S2/c16-11-1-2-12(21-6-5-19-4-3-17-9-19)10(7-11)8-13-14(20)18-15(22)23-13/h1-4,7-9H,5-6H2,(H,18,20,22). The van der Waals surface area contributed by atoms with Crippen LogP contribution < -0.4 is 10.1 Å². The molecule has 2 aromatic rings. The second-order valence-corrected chi connectivity index (χ2v) is 7.32. The average molecular weight is 410 g/mol. The zero-order chi connectivity index (χ0) is 16.2. The van der Waals surface area contributed by atoms with Crippen LogP contribution in [0.25, 0.3) is 6.08 Å². The number of imidazole rings is 1. The van der Waals surface area contributed by atoms with Gasteiger partial charge in [0.25, 0.3) is 5.91 Å². The van der Waals surface area contributed by atoms with Gasteiger partial charge in [0.15, 0.2) is 0 Å². The van der Waals surface area contributed by atoms with E-state index < -0.39 is 0 Å². The second kappa shape index (κ2) is 7.29. The molecule has 3 rings (SSSR count).